The minimum atomic E-state index is -3.59. The monoisotopic (exact) mass is 561 g/mol. The van der Waals surface area contributed by atoms with E-state index < -0.39 is 16.1 Å². The molecule has 1 aliphatic rings. The third kappa shape index (κ3) is 8.21. The average Bonchev–Trinajstić information content (AvgIpc) is 3.35. The number of amides is 2. The lowest BCUT2D eigenvalue weighted by Gasteiger charge is -2.32. The fourth-order valence-electron chi connectivity index (χ4n) is 5.13. The molecule has 0 saturated heterocycles. The maximum Gasteiger partial charge on any atom is 0.243 e. The fourth-order valence-corrected chi connectivity index (χ4v) is 6.31. The number of nitrogens with zero attached hydrogens (tertiary/aromatic N) is 2. The minimum Gasteiger partial charge on any atom is -0.352 e. The van der Waals surface area contributed by atoms with Crippen LogP contribution in [0.4, 0.5) is 5.69 Å². The summed E-state index contributed by atoms with van der Waals surface area (Å²) in [4.78, 5) is 28.6. The van der Waals surface area contributed by atoms with Crippen molar-refractivity contribution in [3.05, 3.63) is 64.2 Å². The van der Waals surface area contributed by atoms with Crippen molar-refractivity contribution >= 4 is 39.1 Å². The van der Waals surface area contributed by atoms with Crippen molar-refractivity contribution in [2.75, 3.05) is 17.1 Å². The first-order valence-electron chi connectivity index (χ1n) is 13.4. The number of benzene rings is 2. The van der Waals surface area contributed by atoms with E-state index >= 15 is 0 Å². The molecule has 1 fully saturated rings. The Bertz CT molecular complexity index is 1230. The van der Waals surface area contributed by atoms with Crippen LogP contribution in [-0.2, 0) is 26.2 Å². The molecule has 2 aromatic rings. The molecule has 3 rings (SSSR count). The molecule has 0 heterocycles. The molecule has 0 aliphatic heterocycles. The van der Waals surface area contributed by atoms with Crippen LogP contribution in [0.5, 0.6) is 0 Å². The zero-order valence-corrected chi connectivity index (χ0v) is 24.4. The van der Waals surface area contributed by atoms with Gasteiger partial charge in [-0.15, -0.1) is 0 Å². The van der Waals surface area contributed by atoms with Crippen molar-refractivity contribution in [3.8, 4) is 0 Å². The number of carbonyl (C=O) groups is 2. The second kappa shape index (κ2) is 13.5. The molecule has 0 spiro atoms. The normalized spacial score (nSPS) is 14.8. The molecular formula is C29H40ClN3O4S. The molecule has 1 unspecified atom stereocenters. The van der Waals surface area contributed by atoms with E-state index in [2.05, 4.69) is 5.32 Å². The number of hydrogen-bond donors (Lipinski definition) is 1. The van der Waals surface area contributed by atoms with Crippen molar-refractivity contribution in [2.45, 2.75) is 84.3 Å². The van der Waals surface area contributed by atoms with Crippen molar-refractivity contribution in [3.63, 3.8) is 0 Å². The van der Waals surface area contributed by atoms with Crippen LogP contribution in [0.25, 0.3) is 0 Å². The number of anilines is 1. The maximum absolute atomic E-state index is 13.6. The van der Waals surface area contributed by atoms with Crippen LogP contribution in [0, 0.1) is 13.8 Å². The van der Waals surface area contributed by atoms with Gasteiger partial charge in [-0.2, -0.15) is 0 Å². The van der Waals surface area contributed by atoms with Crippen molar-refractivity contribution < 1.29 is 18.0 Å². The van der Waals surface area contributed by atoms with Crippen LogP contribution in [0.2, 0.25) is 5.02 Å². The fraction of sp³-hybridized carbons (Fsp3) is 0.517. The van der Waals surface area contributed by atoms with E-state index in [1.54, 1.807) is 23.1 Å². The van der Waals surface area contributed by atoms with Gasteiger partial charge in [0.15, 0.2) is 0 Å². The van der Waals surface area contributed by atoms with Crippen LogP contribution in [0.1, 0.15) is 68.6 Å². The molecule has 0 aromatic heterocycles. The van der Waals surface area contributed by atoms with Crippen LogP contribution >= 0.6 is 11.6 Å². The number of carbonyl (C=O) groups excluding carboxylic acids is 2. The average molecular weight is 562 g/mol. The van der Waals surface area contributed by atoms with E-state index in [0.29, 0.717) is 30.1 Å². The molecule has 0 radical (unpaired) electrons. The minimum absolute atomic E-state index is 0.116. The summed E-state index contributed by atoms with van der Waals surface area (Å²) < 4.78 is 26.5. The van der Waals surface area contributed by atoms with Gasteiger partial charge in [0.1, 0.15) is 6.04 Å². The number of aryl methyl sites for hydroxylation is 2. The van der Waals surface area contributed by atoms with Gasteiger partial charge in [-0.3, -0.25) is 13.9 Å². The molecule has 1 N–H and O–H groups in total. The molecule has 1 saturated carbocycles. The van der Waals surface area contributed by atoms with E-state index in [0.717, 1.165) is 48.6 Å². The molecule has 1 atom stereocenters. The second-order valence-electron chi connectivity index (χ2n) is 10.3. The third-order valence-corrected chi connectivity index (χ3v) is 8.53. The highest BCUT2D eigenvalue weighted by Crippen LogP contribution is 2.27. The Labute approximate surface area is 232 Å². The van der Waals surface area contributed by atoms with Gasteiger partial charge in [0.05, 0.1) is 11.9 Å². The molecule has 2 amide bonds. The lowest BCUT2D eigenvalue weighted by atomic mass is 10.1. The molecular weight excluding hydrogens is 522 g/mol. The SMILES string of the molecule is CCC(C(=O)NC1CCCC1)N(Cc1cccc(C)c1)C(=O)CCCN(c1cc(Cl)ccc1C)S(C)(=O)=O. The highest BCUT2D eigenvalue weighted by Gasteiger charge is 2.31. The summed E-state index contributed by atoms with van der Waals surface area (Å²) in [5.41, 5.74) is 3.32. The van der Waals surface area contributed by atoms with E-state index in [-0.39, 0.29) is 30.8 Å². The first kappa shape index (κ1) is 30.0. The lowest BCUT2D eigenvalue weighted by molar-refractivity contribution is -0.141. The van der Waals surface area contributed by atoms with Gasteiger partial charge < -0.3 is 10.2 Å². The smallest absolute Gasteiger partial charge is 0.243 e. The zero-order valence-electron chi connectivity index (χ0n) is 22.9. The Kier molecular flexibility index (Phi) is 10.6. The first-order chi connectivity index (χ1) is 18.0. The molecule has 9 heteroatoms. The van der Waals surface area contributed by atoms with Crippen LogP contribution in [0.15, 0.2) is 42.5 Å². The van der Waals surface area contributed by atoms with Gasteiger partial charge in [0.2, 0.25) is 21.8 Å². The van der Waals surface area contributed by atoms with E-state index in [1.165, 1.54) is 4.31 Å². The van der Waals surface area contributed by atoms with Gasteiger partial charge in [-0.05, 0) is 62.8 Å². The highest BCUT2D eigenvalue weighted by atomic mass is 35.5. The van der Waals surface area contributed by atoms with Crippen LogP contribution in [-0.4, -0.2) is 50.0 Å². The maximum atomic E-state index is 13.6. The summed E-state index contributed by atoms with van der Waals surface area (Å²) in [6.07, 6.45) is 6.23. The third-order valence-electron chi connectivity index (χ3n) is 7.11. The number of hydrogen-bond acceptors (Lipinski definition) is 4. The summed E-state index contributed by atoms with van der Waals surface area (Å²) in [5, 5.41) is 3.60. The molecule has 0 bridgehead atoms. The Morgan fingerprint density at radius 2 is 1.82 bits per heavy atom. The van der Waals surface area contributed by atoms with Crippen molar-refractivity contribution in [1.29, 1.82) is 0 Å². The molecule has 38 heavy (non-hydrogen) atoms. The molecule has 7 nitrogen and oxygen atoms in total. The number of sulfonamides is 1. The van der Waals surface area contributed by atoms with Crippen LogP contribution in [0.3, 0.4) is 0 Å². The second-order valence-corrected chi connectivity index (χ2v) is 12.6. The predicted octanol–water partition coefficient (Wildman–Crippen LogP) is 5.37. The standard InChI is InChI=1S/C29H40ClN3O4S/c1-5-26(29(35)31-25-12-6-7-13-25)32(20-23-11-8-10-21(2)18-23)28(34)14-9-17-33(38(4,36)37)27-19-24(30)16-15-22(27)3/h8,10-11,15-16,18-19,25-26H,5-7,9,12-14,17,20H2,1-4H3,(H,31,35). The Morgan fingerprint density at radius 3 is 2.45 bits per heavy atom. The molecule has 1 aliphatic carbocycles. The zero-order chi connectivity index (χ0) is 27.9. The van der Waals surface area contributed by atoms with Crippen molar-refractivity contribution in [2.24, 2.45) is 0 Å². The Hall–Kier alpha value is -2.58. The summed E-state index contributed by atoms with van der Waals surface area (Å²) in [5.74, 6) is -0.288. The largest absolute Gasteiger partial charge is 0.352 e. The predicted molar refractivity (Wildman–Crippen MR) is 154 cm³/mol. The van der Waals surface area contributed by atoms with Gasteiger partial charge >= 0.3 is 0 Å². The topological polar surface area (TPSA) is 86.8 Å². The van der Waals surface area contributed by atoms with E-state index in [9.17, 15) is 18.0 Å². The summed E-state index contributed by atoms with van der Waals surface area (Å²) in [6.45, 7) is 6.20. The van der Waals surface area contributed by atoms with Crippen LogP contribution < -0.4 is 9.62 Å². The number of halogens is 1. The lowest BCUT2D eigenvalue weighted by Crippen LogP contribution is -2.51. The van der Waals surface area contributed by atoms with Crippen molar-refractivity contribution in [1.82, 2.24) is 10.2 Å². The summed E-state index contributed by atoms with van der Waals surface area (Å²) >= 11 is 6.15. The summed E-state index contributed by atoms with van der Waals surface area (Å²) in [7, 11) is -3.59. The molecule has 2 aromatic carbocycles. The van der Waals surface area contributed by atoms with Gasteiger partial charge in [0, 0.05) is 30.6 Å². The quantitative estimate of drug-likeness (QED) is 0.377. The van der Waals surface area contributed by atoms with E-state index in [1.807, 2.05) is 45.0 Å². The summed E-state index contributed by atoms with van der Waals surface area (Å²) in [6, 6.07) is 12.6. The van der Waals surface area contributed by atoms with E-state index in [4.69, 9.17) is 11.6 Å². The van der Waals surface area contributed by atoms with Gasteiger partial charge in [-0.1, -0.05) is 67.3 Å². The number of nitrogens with one attached hydrogen (secondary N) is 1. The highest BCUT2D eigenvalue weighted by molar-refractivity contribution is 7.92. The molecule has 208 valence electrons. The Balaban J connectivity index is 1.78. The number of rotatable bonds is 12. The first-order valence-corrected chi connectivity index (χ1v) is 15.6. The Morgan fingerprint density at radius 1 is 1.11 bits per heavy atom. The van der Waals surface area contributed by atoms with Gasteiger partial charge in [-0.25, -0.2) is 8.42 Å². The van der Waals surface area contributed by atoms with Gasteiger partial charge in [0.25, 0.3) is 0 Å².